The zero-order chi connectivity index (χ0) is 14.8. The Balaban J connectivity index is 1.82. The standard InChI is InChI=1S/C15H15ClFN3O/c16-12-2-1-3-13(17)11(12)7-14-19-10(6-15(21)20-14)8-18-9-4-5-9/h1-3,6,9,18H,4-5,7-8H2,(H,19,20,21). The third-order valence-corrected chi connectivity index (χ3v) is 3.75. The van der Waals surface area contributed by atoms with Gasteiger partial charge in [0.1, 0.15) is 11.6 Å². The molecule has 0 bridgehead atoms. The van der Waals surface area contributed by atoms with Gasteiger partial charge in [-0.05, 0) is 25.0 Å². The highest BCUT2D eigenvalue weighted by Crippen LogP contribution is 2.21. The fourth-order valence-electron chi connectivity index (χ4n) is 2.14. The van der Waals surface area contributed by atoms with Gasteiger partial charge in [-0.1, -0.05) is 17.7 Å². The molecule has 0 saturated heterocycles. The average Bonchev–Trinajstić information content (AvgIpc) is 3.24. The maximum atomic E-state index is 13.8. The van der Waals surface area contributed by atoms with E-state index in [4.69, 9.17) is 11.6 Å². The third kappa shape index (κ3) is 3.68. The minimum atomic E-state index is -0.397. The smallest absolute Gasteiger partial charge is 0.251 e. The van der Waals surface area contributed by atoms with Crippen molar-refractivity contribution < 1.29 is 4.39 Å². The van der Waals surface area contributed by atoms with Gasteiger partial charge in [0.15, 0.2) is 0 Å². The Morgan fingerprint density at radius 2 is 2.24 bits per heavy atom. The van der Waals surface area contributed by atoms with Crippen molar-refractivity contribution in [3.05, 3.63) is 62.5 Å². The molecule has 2 aromatic rings. The molecule has 1 aliphatic carbocycles. The van der Waals surface area contributed by atoms with Crippen LogP contribution in [-0.4, -0.2) is 16.0 Å². The van der Waals surface area contributed by atoms with E-state index in [1.54, 1.807) is 12.1 Å². The van der Waals surface area contributed by atoms with Crippen molar-refractivity contribution in [3.63, 3.8) is 0 Å². The van der Waals surface area contributed by atoms with Gasteiger partial charge >= 0.3 is 0 Å². The van der Waals surface area contributed by atoms with Crippen LogP contribution in [0.2, 0.25) is 5.02 Å². The number of hydrogen-bond acceptors (Lipinski definition) is 3. The third-order valence-electron chi connectivity index (χ3n) is 3.40. The van der Waals surface area contributed by atoms with Crippen molar-refractivity contribution in [2.24, 2.45) is 0 Å². The van der Waals surface area contributed by atoms with Gasteiger partial charge in [0.05, 0.1) is 5.69 Å². The minimum Gasteiger partial charge on any atom is -0.310 e. The Morgan fingerprint density at radius 1 is 1.43 bits per heavy atom. The molecule has 0 radical (unpaired) electrons. The number of nitrogens with one attached hydrogen (secondary N) is 2. The predicted molar refractivity (Wildman–Crippen MR) is 78.9 cm³/mol. The van der Waals surface area contributed by atoms with Crippen LogP contribution in [0, 0.1) is 5.82 Å². The highest BCUT2D eigenvalue weighted by atomic mass is 35.5. The number of halogens is 2. The molecule has 0 atom stereocenters. The summed E-state index contributed by atoms with van der Waals surface area (Å²) in [6.07, 6.45) is 2.50. The van der Waals surface area contributed by atoms with Crippen LogP contribution in [0.4, 0.5) is 4.39 Å². The molecule has 1 heterocycles. The van der Waals surface area contributed by atoms with Gasteiger partial charge < -0.3 is 10.3 Å². The van der Waals surface area contributed by atoms with E-state index in [9.17, 15) is 9.18 Å². The molecule has 21 heavy (non-hydrogen) atoms. The Bertz CT molecular complexity index is 692. The molecule has 0 unspecified atom stereocenters. The van der Waals surface area contributed by atoms with Crippen LogP contribution in [0.15, 0.2) is 29.1 Å². The zero-order valence-corrected chi connectivity index (χ0v) is 12.1. The lowest BCUT2D eigenvalue weighted by molar-refractivity contribution is 0.611. The minimum absolute atomic E-state index is 0.165. The van der Waals surface area contributed by atoms with E-state index in [0.717, 1.165) is 0 Å². The summed E-state index contributed by atoms with van der Waals surface area (Å²) in [4.78, 5) is 18.7. The first-order valence-corrected chi connectivity index (χ1v) is 7.25. The number of hydrogen-bond donors (Lipinski definition) is 2. The average molecular weight is 308 g/mol. The van der Waals surface area contributed by atoms with E-state index in [-0.39, 0.29) is 12.0 Å². The first kappa shape index (κ1) is 14.2. The van der Waals surface area contributed by atoms with Crippen molar-refractivity contribution >= 4 is 11.6 Å². The van der Waals surface area contributed by atoms with Gasteiger partial charge in [-0.25, -0.2) is 9.37 Å². The summed E-state index contributed by atoms with van der Waals surface area (Å²) >= 11 is 6.00. The molecule has 1 aliphatic rings. The van der Waals surface area contributed by atoms with E-state index in [0.29, 0.717) is 34.7 Å². The molecule has 1 aromatic heterocycles. The summed E-state index contributed by atoms with van der Waals surface area (Å²) in [7, 11) is 0. The topological polar surface area (TPSA) is 57.8 Å². The normalized spacial score (nSPS) is 14.4. The van der Waals surface area contributed by atoms with E-state index in [1.807, 2.05) is 0 Å². The van der Waals surface area contributed by atoms with E-state index >= 15 is 0 Å². The molecule has 1 fully saturated rings. The summed E-state index contributed by atoms with van der Waals surface area (Å²) in [6, 6.07) is 6.51. The Hall–Kier alpha value is -1.72. The van der Waals surface area contributed by atoms with E-state index < -0.39 is 5.82 Å². The SMILES string of the molecule is O=c1cc(CNC2CC2)nc(Cc2c(F)cccc2Cl)[nH]1. The van der Waals surface area contributed by atoms with Gasteiger partial charge in [-0.2, -0.15) is 0 Å². The molecular formula is C15H15ClFN3O. The van der Waals surface area contributed by atoms with Gasteiger partial charge in [0, 0.05) is 35.7 Å². The Kier molecular flexibility index (Phi) is 4.03. The van der Waals surface area contributed by atoms with Gasteiger partial charge in [0.25, 0.3) is 5.56 Å². The molecule has 2 N–H and O–H groups in total. The lowest BCUT2D eigenvalue weighted by Gasteiger charge is -2.07. The molecule has 0 aliphatic heterocycles. The fraction of sp³-hybridized carbons (Fsp3) is 0.333. The highest BCUT2D eigenvalue weighted by molar-refractivity contribution is 6.31. The zero-order valence-electron chi connectivity index (χ0n) is 11.3. The van der Waals surface area contributed by atoms with Crippen molar-refractivity contribution in [2.45, 2.75) is 31.8 Å². The van der Waals surface area contributed by atoms with Crippen LogP contribution in [0.1, 0.15) is 29.9 Å². The molecule has 110 valence electrons. The number of benzene rings is 1. The number of H-pyrrole nitrogens is 1. The number of aromatic amines is 1. The van der Waals surface area contributed by atoms with Crippen LogP contribution in [0.25, 0.3) is 0 Å². The monoisotopic (exact) mass is 307 g/mol. The van der Waals surface area contributed by atoms with Crippen LogP contribution >= 0.6 is 11.6 Å². The lowest BCUT2D eigenvalue weighted by atomic mass is 10.1. The summed E-state index contributed by atoms with van der Waals surface area (Å²) in [5.41, 5.74) is 0.766. The lowest BCUT2D eigenvalue weighted by Crippen LogP contribution is -2.20. The maximum absolute atomic E-state index is 13.8. The second kappa shape index (κ2) is 5.95. The molecule has 4 nitrogen and oxygen atoms in total. The summed E-state index contributed by atoms with van der Waals surface area (Å²) in [5, 5.41) is 3.63. The van der Waals surface area contributed by atoms with Crippen molar-refractivity contribution in [3.8, 4) is 0 Å². The second-order valence-electron chi connectivity index (χ2n) is 5.22. The van der Waals surface area contributed by atoms with Crippen LogP contribution in [0.3, 0.4) is 0 Å². The summed E-state index contributed by atoms with van der Waals surface area (Å²) < 4.78 is 13.8. The van der Waals surface area contributed by atoms with Crippen LogP contribution in [0.5, 0.6) is 0 Å². The highest BCUT2D eigenvalue weighted by Gasteiger charge is 2.20. The second-order valence-corrected chi connectivity index (χ2v) is 5.62. The quantitative estimate of drug-likeness (QED) is 0.892. The van der Waals surface area contributed by atoms with Crippen molar-refractivity contribution in [1.29, 1.82) is 0 Å². The van der Waals surface area contributed by atoms with Crippen molar-refractivity contribution in [1.82, 2.24) is 15.3 Å². The van der Waals surface area contributed by atoms with Crippen LogP contribution < -0.4 is 10.9 Å². The predicted octanol–water partition coefficient (Wildman–Crippen LogP) is 2.41. The molecule has 1 aromatic carbocycles. The van der Waals surface area contributed by atoms with E-state index in [2.05, 4.69) is 15.3 Å². The number of nitrogens with zero attached hydrogens (tertiary/aromatic N) is 1. The molecule has 6 heteroatoms. The van der Waals surface area contributed by atoms with Gasteiger partial charge in [0.2, 0.25) is 0 Å². The molecular weight excluding hydrogens is 293 g/mol. The van der Waals surface area contributed by atoms with E-state index in [1.165, 1.54) is 25.0 Å². The van der Waals surface area contributed by atoms with Gasteiger partial charge in [-0.15, -0.1) is 0 Å². The Morgan fingerprint density at radius 3 is 2.95 bits per heavy atom. The maximum Gasteiger partial charge on any atom is 0.251 e. The molecule has 3 rings (SSSR count). The molecule has 0 spiro atoms. The largest absolute Gasteiger partial charge is 0.310 e. The summed E-state index contributed by atoms with van der Waals surface area (Å²) in [6.45, 7) is 0.548. The first-order valence-electron chi connectivity index (χ1n) is 6.87. The number of rotatable bonds is 5. The van der Waals surface area contributed by atoms with Gasteiger partial charge in [-0.3, -0.25) is 4.79 Å². The fourth-order valence-corrected chi connectivity index (χ4v) is 2.37. The van der Waals surface area contributed by atoms with Crippen LogP contribution in [-0.2, 0) is 13.0 Å². The Labute approximate surface area is 126 Å². The summed E-state index contributed by atoms with van der Waals surface area (Å²) in [5.74, 6) is 0.0220. The first-order chi connectivity index (χ1) is 10.1. The van der Waals surface area contributed by atoms with Crippen molar-refractivity contribution in [2.75, 3.05) is 0 Å². The molecule has 0 amide bonds. The number of aromatic nitrogens is 2. The molecule has 1 saturated carbocycles.